The van der Waals surface area contributed by atoms with Crippen LogP contribution in [-0.4, -0.2) is 92.0 Å². The molecule has 7 heteroatoms. The molecule has 2 fully saturated rings. The molecular weight excluding hydrogens is 270 g/mol. The van der Waals surface area contributed by atoms with Gasteiger partial charge in [0.25, 0.3) is 0 Å². The van der Waals surface area contributed by atoms with E-state index in [1.54, 1.807) is 0 Å². The van der Waals surface area contributed by atoms with Gasteiger partial charge in [-0.15, -0.1) is 0 Å². The molecule has 0 aliphatic carbocycles. The molecule has 0 atom stereocenters. The first-order chi connectivity index (χ1) is 10.1. The lowest BCUT2D eigenvalue weighted by Crippen LogP contribution is -2.53. The molecule has 120 valence electrons. The Labute approximate surface area is 126 Å². The highest BCUT2D eigenvalue weighted by atomic mass is 16.2. The second kappa shape index (κ2) is 7.72. The Morgan fingerprint density at radius 1 is 1.14 bits per heavy atom. The van der Waals surface area contributed by atoms with E-state index < -0.39 is 0 Å². The monoisotopic (exact) mass is 297 g/mol. The van der Waals surface area contributed by atoms with Crippen molar-refractivity contribution in [3.8, 4) is 0 Å². The highest BCUT2D eigenvalue weighted by molar-refractivity contribution is 5.80. The van der Waals surface area contributed by atoms with Crippen LogP contribution in [0.1, 0.15) is 12.8 Å². The van der Waals surface area contributed by atoms with Crippen molar-refractivity contribution >= 4 is 11.8 Å². The van der Waals surface area contributed by atoms with E-state index in [-0.39, 0.29) is 24.4 Å². The maximum atomic E-state index is 12.4. The highest BCUT2D eigenvalue weighted by Gasteiger charge is 2.27. The van der Waals surface area contributed by atoms with Crippen LogP contribution in [0.25, 0.3) is 0 Å². The minimum absolute atomic E-state index is 0.114. The van der Waals surface area contributed by atoms with Gasteiger partial charge in [-0.25, -0.2) is 0 Å². The summed E-state index contributed by atoms with van der Waals surface area (Å²) in [6.45, 7) is 5.70. The topological polar surface area (TPSA) is 81.9 Å². The molecule has 2 saturated heterocycles. The van der Waals surface area contributed by atoms with Crippen molar-refractivity contribution in [3.63, 3.8) is 0 Å². The maximum Gasteiger partial charge on any atom is 0.236 e. The van der Waals surface area contributed by atoms with Crippen LogP contribution in [0.3, 0.4) is 0 Å². The van der Waals surface area contributed by atoms with Gasteiger partial charge in [-0.3, -0.25) is 14.5 Å². The van der Waals surface area contributed by atoms with Crippen molar-refractivity contribution in [3.05, 3.63) is 0 Å². The molecule has 2 rings (SSSR count). The van der Waals surface area contributed by atoms with Gasteiger partial charge in [-0.2, -0.15) is 0 Å². The molecule has 0 bridgehead atoms. The van der Waals surface area contributed by atoms with Gasteiger partial charge < -0.3 is 20.9 Å². The Hall–Kier alpha value is -1.18. The predicted octanol–water partition coefficient (Wildman–Crippen LogP) is -1.70. The van der Waals surface area contributed by atoms with Crippen LogP contribution in [0.15, 0.2) is 0 Å². The number of piperidine rings is 1. The molecule has 3 N–H and O–H groups in total. The molecule has 0 aromatic carbocycles. The van der Waals surface area contributed by atoms with E-state index >= 15 is 0 Å². The lowest BCUT2D eigenvalue weighted by molar-refractivity contribution is -0.135. The van der Waals surface area contributed by atoms with Crippen LogP contribution >= 0.6 is 0 Å². The number of rotatable bonds is 5. The van der Waals surface area contributed by atoms with Gasteiger partial charge in [0.2, 0.25) is 11.8 Å². The van der Waals surface area contributed by atoms with Crippen molar-refractivity contribution in [1.82, 2.24) is 20.0 Å². The molecular formula is C14H27N5O2. The molecule has 2 amide bonds. The summed E-state index contributed by atoms with van der Waals surface area (Å²) in [7, 11) is 2.07. The SMILES string of the molecule is CN1CCN(C(=O)CN(CC(N)=O)C2CCNCC2)CC1. The Kier molecular flexibility index (Phi) is 5.96. The number of carbonyl (C=O) groups is 2. The van der Waals surface area contributed by atoms with Gasteiger partial charge in [0, 0.05) is 32.2 Å². The van der Waals surface area contributed by atoms with Gasteiger partial charge in [0.05, 0.1) is 13.1 Å². The van der Waals surface area contributed by atoms with Gasteiger partial charge in [-0.05, 0) is 33.0 Å². The third kappa shape index (κ3) is 4.94. The third-order valence-corrected chi connectivity index (χ3v) is 4.38. The molecule has 2 aliphatic rings. The molecule has 0 saturated carbocycles. The Morgan fingerprint density at radius 3 is 2.33 bits per heavy atom. The predicted molar refractivity (Wildman–Crippen MR) is 80.7 cm³/mol. The fourth-order valence-corrected chi connectivity index (χ4v) is 3.02. The van der Waals surface area contributed by atoms with Gasteiger partial charge in [0.1, 0.15) is 0 Å². The summed E-state index contributed by atoms with van der Waals surface area (Å²) in [5.41, 5.74) is 5.34. The van der Waals surface area contributed by atoms with Crippen molar-refractivity contribution in [2.75, 3.05) is 59.4 Å². The number of nitrogens with one attached hydrogen (secondary N) is 1. The van der Waals surface area contributed by atoms with Gasteiger partial charge in [-0.1, -0.05) is 0 Å². The molecule has 21 heavy (non-hydrogen) atoms. The highest BCUT2D eigenvalue weighted by Crippen LogP contribution is 2.12. The van der Waals surface area contributed by atoms with E-state index in [0.29, 0.717) is 6.54 Å². The molecule has 0 aromatic heterocycles. The minimum atomic E-state index is -0.361. The van der Waals surface area contributed by atoms with Crippen LogP contribution in [0, 0.1) is 0 Å². The van der Waals surface area contributed by atoms with Crippen molar-refractivity contribution in [1.29, 1.82) is 0 Å². The first kappa shape index (κ1) is 16.2. The molecule has 7 nitrogen and oxygen atoms in total. The summed E-state index contributed by atoms with van der Waals surface area (Å²) in [4.78, 5) is 29.8. The number of amides is 2. The number of hydrogen-bond acceptors (Lipinski definition) is 5. The van der Waals surface area contributed by atoms with Crippen molar-refractivity contribution < 1.29 is 9.59 Å². The number of primary amides is 1. The third-order valence-electron chi connectivity index (χ3n) is 4.38. The van der Waals surface area contributed by atoms with Crippen molar-refractivity contribution in [2.24, 2.45) is 5.73 Å². The van der Waals surface area contributed by atoms with Gasteiger partial charge in [0.15, 0.2) is 0 Å². The zero-order chi connectivity index (χ0) is 15.2. The van der Waals surface area contributed by atoms with E-state index in [9.17, 15) is 9.59 Å². The molecule has 2 aliphatic heterocycles. The van der Waals surface area contributed by atoms with Crippen LogP contribution in [-0.2, 0) is 9.59 Å². The van der Waals surface area contributed by atoms with E-state index in [1.807, 2.05) is 9.80 Å². The second-order valence-electron chi connectivity index (χ2n) is 6.04. The minimum Gasteiger partial charge on any atom is -0.369 e. The average Bonchev–Trinajstić information content (AvgIpc) is 2.47. The number of hydrogen-bond donors (Lipinski definition) is 2. The Bertz CT molecular complexity index is 362. The fourth-order valence-electron chi connectivity index (χ4n) is 3.02. The first-order valence-electron chi connectivity index (χ1n) is 7.75. The molecule has 0 radical (unpaired) electrons. The quantitative estimate of drug-likeness (QED) is 0.632. The Morgan fingerprint density at radius 2 is 1.76 bits per heavy atom. The summed E-state index contributed by atoms with van der Waals surface area (Å²) >= 11 is 0. The van der Waals surface area contributed by atoms with E-state index in [2.05, 4.69) is 17.3 Å². The number of piperazine rings is 1. The van der Waals surface area contributed by atoms with E-state index in [0.717, 1.165) is 52.1 Å². The summed E-state index contributed by atoms with van der Waals surface area (Å²) in [5.74, 6) is -0.248. The van der Waals surface area contributed by atoms with Crippen LogP contribution in [0.4, 0.5) is 0 Å². The summed E-state index contributed by atoms with van der Waals surface area (Å²) < 4.78 is 0. The lowest BCUT2D eigenvalue weighted by Gasteiger charge is -2.37. The molecule has 0 spiro atoms. The van der Waals surface area contributed by atoms with Crippen LogP contribution in [0.5, 0.6) is 0 Å². The standard InChI is InChI=1S/C14H27N5O2/c1-17-6-8-18(9-7-17)14(21)11-19(10-13(15)20)12-2-4-16-5-3-12/h12,16H,2-11H2,1H3,(H2,15,20). The zero-order valence-corrected chi connectivity index (χ0v) is 12.9. The fraction of sp³-hybridized carbons (Fsp3) is 0.857. The molecule has 0 unspecified atom stereocenters. The molecule has 2 heterocycles. The van der Waals surface area contributed by atoms with Crippen molar-refractivity contribution in [2.45, 2.75) is 18.9 Å². The van der Waals surface area contributed by atoms with Crippen LogP contribution < -0.4 is 11.1 Å². The number of carbonyl (C=O) groups excluding carboxylic acids is 2. The number of likely N-dealkylation sites (N-methyl/N-ethyl adjacent to an activating group) is 1. The largest absolute Gasteiger partial charge is 0.369 e. The smallest absolute Gasteiger partial charge is 0.236 e. The summed E-state index contributed by atoms with van der Waals surface area (Å²) in [6, 6.07) is 0.273. The average molecular weight is 297 g/mol. The van der Waals surface area contributed by atoms with Crippen LogP contribution in [0.2, 0.25) is 0 Å². The Balaban J connectivity index is 1.90. The number of nitrogens with zero attached hydrogens (tertiary/aromatic N) is 3. The zero-order valence-electron chi connectivity index (χ0n) is 12.9. The van der Waals surface area contributed by atoms with E-state index in [4.69, 9.17) is 5.73 Å². The summed E-state index contributed by atoms with van der Waals surface area (Å²) in [5, 5.41) is 3.30. The maximum absolute atomic E-state index is 12.4. The number of nitrogens with two attached hydrogens (primary N) is 1. The summed E-state index contributed by atoms with van der Waals surface area (Å²) in [6.07, 6.45) is 1.92. The normalized spacial score (nSPS) is 21.7. The van der Waals surface area contributed by atoms with E-state index in [1.165, 1.54) is 0 Å². The second-order valence-corrected chi connectivity index (χ2v) is 6.04. The lowest BCUT2D eigenvalue weighted by atomic mass is 10.0. The first-order valence-corrected chi connectivity index (χ1v) is 7.75. The van der Waals surface area contributed by atoms with Gasteiger partial charge >= 0.3 is 0 Å². The molecule has 0 aromatic rings.